The lowest BCUT2D eigenvalue weighted by Crippen LogP contribution is -2.42. The van der Waals surface area contributed by atoms with Gasteiger partial charge in [0, 0.05) is 25.7 Å². The Hall–Kier alpha value is -0.120. The second-order valence-corrected chi connectivity index (χ2v) is 4.20. The summed E-state index contributed by atoms with van der Waals surface area (Å²) in [5.74, 6) is 0. The molecule has 1 fully saturated rings. The van der Waals surface area contributed by atoms with Crippen molar-refractivity contribution in [2.75, 3.05) is 19.7 Å². The summed E-state index contributed by atoms with van der Waals surface area (Å²) in [5, 5.41) is 3.37. The summed E-state index contributed by atoms with van der Waals surface area (Å²) in [4.78, 5) is 0. The molecule has 78 valence electrons. The lowest BCUT2D eigenvalue weighted by Gasteiger charge is -2.24. The molecular weight excluding hydrogens is 164 g/mol. The van der Waals surface area contributed by atoms with Gasteiger partial charge in [-0.15, -0.1) is 0 Å². The zero-order valence-electron chi connectivity index (χ0n) is 8.81. The fraction of sp³-hybridized carbons (Fsp3) is 1.00. The van der Waals surface area contributed by atoms with Crippen molar-refractivity contribution in [2.24, 2.45) is 5.73 Å². The molecule has 13 heavy (non-hydrogen) atoms. The Balaban J connectivity index is 2.11. The lowest BCUT2D eigenvalue weighted by atomic mass is 10.0. The van der Waals surface area contributed by atoms with Crippen molar-refractivity contribution in [1.82, 2.24) is 5.32 Å². The van der Waals surface area contributed by atoms with E-state index in [1.807, 2.05) is 0 Å². The first-order chi connectivity index (χ1) is 6.16. The Kier molecular flexibility index (Phi) is 4.16. The summed E-state index contributed by atoms with van der Waals surface area (Å²) >= 11 is 0. The van der Waals surface area contributed by atoms with Gasteiger partial charge in [-0.05, 0) is 26.2 Å². The van der Waals surface area contributed by atoms with Crippen LogP contribution in [-0.4, -0.2) is 31.3 Å². The van der Waals surface area contributed by atoms with Crippen LogP contribution in [-0.2, 0) is 4.74 Å². The first-order valence-corrected chi connectivity index (χ1v) is 5.26. The van der Waals surface area contributed by atoms with Crippen LogP contribution in [0.4, 0.5) is 0 Å². The quantitative estimate of drug-likeness (QED) is 0.670. The van der Waals surface area contributed by atoms with E-state index in [1.54, 1.807) is 0 Å². The maximum Gasteiger partial charge on any atom is 0.0779 e. The predicted octanol–water partition coefficient (Wildman–Crippen LogP) is 0.882. The van der Waals surface area contributed by atoms with E-state index in [4.69, 9.17) is 10.5 Å². The van der Waals surface area contributed by atoms with Gasteiger partial charge in [-0.1, -0.05) is 6.92 Å². The van der Waals surface area contributed by atoms with Crippen molar-refractivity contribution in [3.63, 3.8) is 0 Å². The van der Waals surface area contributed by atoms with Crippen molar-refractivity contribution in [1.29, 1.82) is 0 Å². The maximum atomic E-state index is 5.80. The number of rotatable bonds is 5. The molecule has 0 aromatic carbocycles. The van der Waals surface area contributed by atoms with Gasteiger partial charge in [-0.3, -0.25) is 0 Å². The van der Waals surface area contributed by atoms with Crippen LogP contribution in [0.1, 0.15) is 33.1 Å². The van der Waals surface area contributed by atoms with E-state index in [1.165, 1.54) is 12.8 Å². The summed E-state index contributed by atoms with van der Waals surface area (Å²) in [6.45, 7) is 7.03. The summed E-state index contributed by atoms with van der Waals surface area (Å²) < 4.78 is 5.65. The van der Waals surface area contributed by atoms with Crippen LogP contribution in [0.25, 0.3) is 0 Å². The average Bonchev–Trinajstić information content (AvgIpc) is 2.52. The molecule has 0 bridgehead atoms. The molecule has 1 heterocycles. The Morgan fingerprint density at radius 2 is 2.38 bits per heavy atom. The minimum atomic E-state index is 0.0630. The van der Waals surface area contributed by atoms with Gasteiger partial charge in [-0.2, -0.15) is 0 Å². The average molecular weight is 186 g/mol. The monoisotopic (exact) mass is 186 g/mol. The topological polar surface area (TPSA) is 47.3 Å². The second kappa shape index (κ2) is 4.94. The molecule has 1 aliphatic heterocycles. The minimum absolute atomic E-state index is 0.0630. The minimum Gasteiger partial charge on any atom is -0.374 e. The second-order valence-electron chi connectivity index (χ2n) is 4.20. The van der Waals surface area contributed by atoms with Gasteiger partial charge in [0.05, 0.1) is 5.60 Å². The molecule has 0 aliphatic carbocycles. The third-order valence-corrected chi connectivity index (χ3v) is 2.73. The van der Waals surface area contributed by atoms with Crippen molar-refractivity contribution < 1.29 is 4.74 Å². The first kappa shape index (κ1) is 11.0. The molecule has 3 nitrogen and oxygen atoms in total. The van der Waals surface area contributed by atoms with Crippen LogP contribution in [0, 0.1) is 0 Å². The van der Waals surface area contributed by atoms with Crippen LogP contribution >= 0.6 is 0 Å². The molecule has 0 aromatic rings. The lowest BCUT2D eigenvalue weighted by molar-refractivity contribution is 0.0208. The molecule has 2 atom stereocenters. The molecule has 0 saturated carbocycles. The van der Waals surface area contributed by atoms with Crippen molar-refractivity contribution in [3.05, 3.63) is 0 Å². The predicted molar refractivity (Wildman–Crippen MR) is 54.7 cm³/mol. The smallest absolute Gasteiger partial charge is 0.0779 e. The van der Waals surface area contributed by atoms with Gasteiger partial charge in [0.1, 0.15) is 0 Å². The third-order valence-electron chi connectivity index (χ3n) is 2.73. The zero-order chi connectivity index (χ0) is 9.73. The highest BCUT2D eigenvalue weighted by Gasteiger charge is 2.28. The Bertz CT molecular complexity index is 144. The third kappa shape index (κ3) is 3.63. The molecule has 0 aromatic heterocycles. The van der Waals surface area contributed by atoms with E-state index in [9.17, 15) is 0 Å². The van der Waals surface area contributed by atoms with Crippen LogP contribution in [0.15, 0.2) is 0 Å². The fourth-order valence-electron chi connectivity index (χ4n) is 1.64. The van der Waals surface area contributed by atoms with Gasteiger partial charge < -0.3 is 15.8 Å². The van der Waals surface area contributed by atoms with Crippen molar-refractivity contribution >= 4 is 0 Å². The maximum absolute atomic E-state index is 5.80. The molecule has 1 saturated heterocycles. The molecule has 3 heteroatoms. The van der Waals surface area contributed by atoms with Crippen LogP contribution < -0.4 is 11.1 Å². The highest BCUT2D eigenvalue weighted by Crippen LogP contribution is 2.23. The Morgan fingerprint density at radius 3 is 2.92 bits per heavy atom. The number of ether oxygens (including phenoxy) is 1. The highest BCUT2D eigenvalue weighted by atomic mass is 16.5. The normalized spacial score (nSPS) is 30.7. The van der Waals surface area contributed by atoms with Crippen LogP contribution in [0.5, 0.6) is 0 Å². The van der Waals surface area contributed by atoms with Crippen molar-refractivity contribution in [2.45, 2.75) is 44.8 Å². The van der Waals surface area contributed by atoms with Gasteiger partial charge >= 0.3 is 0 Å². The summed E-state index contributed by atoms with van der Waals surface area (Å²) in [5.41, 5.74) is 5.86. The summed E-state index contributed by atoms with van der Waals surface area (Å²) in [6.07, 6.45) is 3.39. The van der Waals surface area contributed by atoms with Gasteiger partial charge in [0.15, 0.2) is 0 Å². The summed E-state index contributed by atoms with van der Waals surface area (Å²) in [6, 6.07) is 0.282. The van der Waals surface area contributed by atoms with Crippen molar-refractivity contribution in [3.8, 4) is 0 Å². The molecular formula is C10H22N2O. The SMILES string of the molecule is CCC(N)CNCC1(C)CCCO1. The fourth-order valence-corrected chi connectivity index (χ4v) is 1.64. The highest BCUT2D eigenvalue weighted by molar-refractivity contribution is 4.82. The van der Waals surface area contributed by atoms with Crippen LogP contribution in [0.3, 0.4) is 0 Å². The van der Waals surface area contributed by atoms with E-state index in [-0.39, 0.29) is 11.6 Å². The Morgan fingerprint density at radius 1 is 1.62 bits per heavy atom. The molecule has 1 aliphatic rings. The van der Waals surface area contributed by atoms with E-state index in [0.717, 1.165) is 26.1 Å². The van der Waals surface area contributed by atoms with Gasteiger partial charge in [-0.25, -0.2) is 0 Å². The van der Waals surface area contributed by atoms with E-state index >= 15 is 0 Å². The zero-order valence-corrected chi connectivity index (χ0v) is 8.81. The molecule has 0 radical (unpaired) electrons. The van der Waals surface area contributed by atoms with Gasteiger partial charge in [0.2, 0.25) is 0 Å². The summed E-state index contributed by atoms with van der Waals surface area (Å²) in [7, 11) is 0. The number of hydrogen-bond donors (Lipinski definition) is 2. The van der Waals surface area contributed by atoms with E-state index < -0.39 is 0 Å². The van der Waals surface area contributed by atoms with Crippen LogP contribution in [0.2, 0.25) is 0 Å². The molecule has 3 N–H and O–H groups in total. The van der Waals surface area contributed by atoms with E-state index in [2.05, 4.69) is 19.2 Å². The number of nitrogens with two attached hydrogens (primary N) is 1. The molecule has 0 amide bonds. The molecule has 2 unspecified atom stereocenters. The molecule has 1 rings (SSSR count). The van der Waals surface area contributed by atoms with E-state index in [0.29, 0.717) is 0 Å². The van der Waals surface area contributed by atoms with Gasteiger partial charge in [0.25, 0.3) is 0 Å². The first-order valence-electron chi connectivity index (χ1n) is 5.26. The number of nitrogens with one attached hydrogen (secondary N) is 1. The largest absolute Gasteiger partial charge is 0.374 e. The molecule has 0 spiro atoms. The Labute approximate surface area is 81.0 Å². The standard InChI is InChI=1S/C10H22N2O/c1-3-9(11)7-12-8-10(2)5-4-6-13-10/h9,12H,3-8,11H2,1-2H3. The number of hydrogen-bond acceptors (Lipinski definition) is 3.